The van der Waals surface area contributed by atoms with Crippen LogP contribution < -0.4 is 10.9 Å². The maximum Gasteiger partial charge on any atom is 0.401 e. The summed E-state index contributed by atoms with van der Waals surface area (Å²) in [5.74, 6) is 3.33. The summed E-state index contributed by atoms with van der Waals surface area (Å²) in [6.07, 6.45) is -5.81. The summed E-state index contributed by atoms with van der Waals surface area (Å²) in [5.41, 5.74) is -1.15. The van der Waals surface area contributed by atoms with Crippen molar-refractivity contribution in [1.82, 2.24) is 9.47 Å². The fraction of sp³-hybridized carbons (Fsp3) is 0.400. The van der Waals surface area contributed by atoms with E-state index in [1.807, 2.05) is 0 Å². The monoisotopic (exact) mass is 511 g/mol. The molecule has 1 atom stereocenters. The molecule has 1 saturated heterocycles. The number of nitrogens with one attached hydrogen (secondary N) is 1. The van der Waals surface area contributed by atoms with Crippen molar-refractivity contribution in [2.75, 3.05) is 25.0 Å². The molecule has 5 nitrogen and oxygen atoms in total. The predicted octanol–water partition coefficient (Wildman–Crippen LogP) is 4.46. The normalized spacial score (nSPS) is 16.7. The van der Waals surface area contributed by atoms with Crippen LogP contribution in [0.5, 0.6) is 0 Å². The summed E-state index contributed by atoms with van der Waals surface area (Å²) in [4.78, 5) is 25.4. The molecule has 0 aliphatic carbocycles. The van der Waals surface area contributed by atoms with E-state index in [9.17, 15) is 35.9 Å². The van der Waals surface area contributed by atoms with Crippen molar-refractivity contribution in [2.24, 2.45) is 5.92 Å². The van der Waals surface area contributed by atoms with Gasteiger partial charge >= 0.3 is 6.18 Å². The third-order valence-corrected chi connectivity index (χ3v) is 5.99. The van der Waals surface area contributed by atoms with E-state index in [0.29, 0.717) is 22.6 Å². The first-order valence-corrected chi connectivity index (χ1v) is 10.7. The fourth-order valence-electron chi connectivity index (χ4n) is 3.24. The Labute approximate surface area is 192 Å². The second kappa shape index (κ2) is 10.2. The highest BCUT2D eigenvalue weighted by molar-refractivity contribution is 7.18. The largest absolute Gasteiger partial charge is 0.401 e. The van der Waals surface area contributed by atoms with Crippen molar-refractivity contribution in [3.8, 4) is 11.8 Å². The molecule has 1 N–H and O–H groups in total. The van der Waals surface area contributed by atoms with Crippen molar-refractivity contribution >= 4 is 34.5 Å². The molecule has 0 saturated carbocycles. The molecule has 0 radical (unpaired) electrons. The number of aromatic nitrogens is 1. The highest BCUT2D eigenvalue weighted by Crippen LogP contribution is 2.28. The average Bonchev–Trinajstić information content (AvgIpc) is 3.28. The predicted molar refractivity (Wildman–Crippen MR) is 111 cm³/mol. The minimum absolute atomic E-state index is 0.0847. The van der Waals surface area contributed by atoms with E-state index in [1.54, 1.807) is 0 Å². The zero-order valence-electron chi connectivity index (χ0n) is 16.7. The number of hydrogen-bond donors (Lipinski definition) is 1. The first kappa shape index (κ1) is 25.1. The molecule has 33 heavy (non-hydrogen) atoms. The third-order valence-electron chi connectivity index (χ3n) is 4.63. The second-order valence-corrected chi connectivity index (χ2v) is 8.94. The van der Waals surface area contributed by atoms with Gasteiger partial charge in [0.05, 0.1) is 29.2 Å². The van der Waals surface area contributed by atoms with Gasteiger partial charge in [-0.05, 0) is 19.0 Å². The van der Waals surface area contributed by atoms with Crippen molar-refractivity contribution in [2.45, 2.75) is 25.6 Å². The molecule has 2 aromatic rings. The first-order valence-electron chi connectivity index (χ1n) is 9.50. The summed E-state index contributed by atoms with van der Waals surface area (Å²) in [7, 11) is 0. The molecule has 1 unspecified atom stereocenters. The lowest BCUT2D eigenvalue weighted by Gasteiger charge is -2.16. The minimum atomic E-state index is -4.28. The van der Waals surface area contributed by atoms with Crippen LogP contribution in [0.4, 0.5) is 32.0 Å². The van der Waals surface area contributed by atoms with Gasteiger partial charge in [-0.2, -0.15) is 13.2 Å². The zero-order valence-corrected chi connectivity index (χ0v) is 18.3. The molecule has 1 aliphatic rings. The van der Waals surface area contributed by atoms with Crippen LogP contribution >= 0.6 is 22.9 Å². The van der Waals surface area contributed by atoms with Gasteiger partial charge in [0.25, 0.3) is 17.9 Å². The topological polar surface area (TPSA) is 54.3 Å². The number of amides is 1. The lowest BCUT2D eigenvalue weighted by Crippen LogP contribution is -2.32. The van der Waals surface area contributed by atoms with E-state index in [-0.39, 0.29) is 33.9 Å². The Hall–Kier alpha value is -2.49. The molecule has 0 bridgehead atoms. The van der Waals surface area contributed by atoms with Crippen molar-refractivity contribution in [3.63, 3.8) is 0 Å². The van der Waals surface area contributed by atoms with E-state index in [0.717, 1.165) is 17.5 Å². The van der Waals surface area contributed by atoms with Gasteiger partial charge in [-0.25, -0.2) is 13.2 Å². The number of pyridine rings is 1. The van der Waals surface area contributed by atoms with Crippen molar-refractivity contribution < 1.29 is 31.1 Å². The third kappa shape index (κ3) is 6.99. The Bertz CT molecular complexity index is 1150. The van der Waals surface area contributed by atoms with Gasteiger partial charge in [-0.1, -0.05) is 23.4 Å². The number of rotatable bonds is 5. The number of alkyl halides is 5. The number of anilines is 1. The van der Waals surface area contributed by atoms with E-state index in [2.05, 4.69) is 17.2 Å². The van der Waals surface area contributed by atoms with Gasteiger partial charge in [-0.3, -0.25) is 14.5 Å². The summed E-state index contributed by atoms with van der Waals surface area (Å²) < 4.78 is 77.0. The van der Waals surface area contributed by atoms with Crippen molar-refractivity contribution in [3.05, 3.63) is 49.3 Å². The molecule has 3 heterocycles. The molecule has 2 aromatic heterocycles. The van der Waals surface area contributed by atoms with E-state index < -0.39 is 43.0 Å². The Morgan fingerprint density at radius 1 is 1.33 bits per heavy atom. The maximum absolute atomic E-state index is 13.7. The average molecular weight is 512 g/mol. The van der Waals surface area contributed by atoms with E-state index >= 15 is 0 Å². The first-order chi connectivity index (χ1) is 15.4. The molecular weight excluding hydrogens is 496 g/mol. The van der Waals surface area contributed by atoms with Gasteiger partial charge in [0, 0.05) is 24.7 Å². The molecule has 3 rings (SSSR count). The van der Waals surface area contributed by atoms with Gasteiger partial charge in [-0.15, -0.1) is 11.3 Å². The van der Waals surface area contributed by atoms with Crippen LogP contribution in [0, 0.1) is 23.6 Å². The maximum atomic E-state index is 13.7. The van der Waals surface area contributed by atoms with Crippen LogP contribution in [0.15, 0.2) is 23.1 Å². The van der Waals surface area contributed by atoms with Crippen LogP contribution in [0.3, 0.4) is 0 Å². The molecule has 1 fully saturated rings. The van der Waals surface area contributed by atoms with Crippen LogP contribution in [-0.2, 0) is 6.54 Å². The van der Waals surface area contributed by atoms with E-state index in [1.165, 1.54) is 11.0 Å². The number of likely N-dealkylation sites (tertiary alicyclic amines) is 1. The van der Waals surface area contributed by atoms with Gasteiger partial charge < -0.3 is 9.88 Å². The highest BCUT2D eigenvalue weighted by Gasteiger charge is 2.33. The van der Waals surface area contributed by atoms with E-state index in [4.69, 9.17) is 11.6 Å². The zero-order chi connectivity index (χ0) is 24.3. The Morgan fingerprint density at radius 3 is 2.73 bits per heavy atom. The number of carbonyl (C=O) groups excluding carboxylic acids is 1. The molecule has 0 spiro atoms. The molecule has 1 amide bonds. The summed E-state index contributed by atoms with van der Waals surface area (Å²) >= 11 is 6.97. The molecule has 1 aliphatic heterocycles. The summed E-state index contributed by atoms with van der Waals surface area (Å²) in [6.45, 7) is -1.60. The van der Waals surface area contributed by atoms with Gasteiger partial charge in [0.1, 0.15) is 4.34 Å². The lowest BCUT2D eigenvalue weighted by atomic mass is 10.1. The molecule has 0 aromatic carbocycles. The van der Waals surface area contributed by atoms with Gasteiger partial charge in [0.15, 0.2) is 5.82 Å². The van der Waals surface area contributed by atoms with Crippen LogP contribution in [0.2, 0.25) is 4.34 Å². The number of nitrogens with zero attached hydrogens (tertiary/aromatic N) is 2. The highest BCUT2D eigenvalue weighted by atomic mass is 35.5. The number of hydrogen-bond acceptors (Lipinski definition) is 4. The minimum Gasteiger partial charge on any atom is -0.320 e. The van der Waals surface area contributed by atoms with Crippen molar-refractivity contribution in [1.29, 1.82) is 0 Å². The Kier molecular flexibility index (Phi) is 7.76. The molecule has 178 valence electrons. The summed E-state index contributed by atoms with van der Waals surface area (Å²) in [5, 5.41) is 2.31. The molecular formula is C20H16ClF6N3O2S. The standard InChI is InChI=1S/C20H16ClF6N3O2S/c21-17-12(2-1-11-3-4-29(7-11)10-20(25,26)27)5-15(33-17)18(31)28-13-6-14(22)19(32)30(8-13)9-16(23)24/h5-6,8,11,16H,3-4,7,9-10H2,(H,28,31). The van der Waals surface area contributed by atoms with Crippen LogP contribution in [0.25, 0.3) is 0 Å². The smallest absolute Gasteiger partial charge is 0.320 e. The second-order valence-electron chi connectivity index (χ2n) is 7.28. The quantitative estimate of drug-likeness (QED) is 0.476. The molecule has 13 heteroatoms. The van der Waals surface area contributed by atoms with Crippen LogP contribution in [-0.4, -0.2) is 47.6 Å². The SMILES string of the molecule is O=C(Nc1cc(F)c(=O)n(CC(F)F)c1)c1cc(C#CC2CCN(CC(F)(F)F)C2)c(Cl)s1. The Balaban J connectivity index is 1.69. The Morgan fingerprint density at radius 2 is 2.06 bits per heavy atom. The number of halogens is 7. The summed E-state index contributed by atoms with van der Waals surface area (Å²) in [6, 6.07) is 2.08. The van der Waals surface area contributed by atoms with Crippen LogP contribution in [0.1, 0.15) is 21.7 Å². The van der Waals surface area contributed by atoms with Gasteiger partial charge in [0.2, 0.25) is 0 Å². The lowest BCUT2D eigenvalue weighted by molar-refractivity contribution is -0.143. The number of thiophene rings is 1. The number of carbonyl (C=O) groups is 1. The fourth-order valence-corrected chi connectivity index (χ4v) is 4.32.